The zero-order chi connectivity index (χ0) is 15.2. The molecular weight excluding hydrogens is 314 g/mol. The van der Waals surface area contributed by atoms with Crippen molar-refractivity contribution >= 4 is 27.6 Å². The number of hydrogen-bond donors (Lipinski definition) is 1. The molecule has 0 amide bonds. The summed E-state index contributed by atoms with van der Waals surface area (Å²) in [4.78, 5) is 11.2. The highest BCUT2D eigenvalue weighted by molar-refractivity contribution is 7.88. The van der Waals surface area contributed by atoms with Crippen LogP contribution in [0.1, 0.15) is 24.8 Å². The van der Waals surface area contributed by atoms with E-state index in [1.54, 1.807) is 24.3 Å². The molecule has 0 radical (unpaired) electrons. The Morgan fingerprint density at radius 2 is 2.05 bits per heavy atom. The number of hydrogen-bond acceptors (Lipinski definition) is 3. The minimum Gasteiger partial charge on any atom is -0.481 e. The Kier molecular flexibility index (Phi) is 3.71. The summed E-state index contributed by atoms with van der Waals surface area (Å²) in [6.45, 7) is 0. The van der Waals surface area contributed by atoms with Crippen molar-refractivity contribution in [1.82, 2.24) is 4.31 Å². The van der Waals surface area contributed by atoms with Crippen molar-refractivity contribution < 1.29 is 18.3 Å². The first-order valence-electron chi connectivity index (χ1n) is 6.87. The molecule has 0 aliphatic carbocycles. The number of nitrogens with zero attached hydrogens (tertiary/aromatic N) is 1. The zero-order valence-corrected chi connectivity index (χ0v) is 12.8. The molecule has 2 bridgehead atoms. The van der Waals surface area contributed by atoms with Crippen molar-refractivity contribution in [2.45, 2.75) is 37.1 Å². The van der Waals surface area contributed by atoms with Crippen molar-refractivity contribution in [1.29, 1.82) is 0 Å². The Morgan fingerprint density at radius 1 is 1.33 bits per heavy atom. The molecule has 1 aromatic carbocycles. The Bertz CT molecular complexity index is 675. The van der Waals surface area contributed by atoms with E-state index >= 15 is 0 Å². The van der Waals surface area contributed by atoms with Gasteiger partial charge in [-0.1, -0.05) is 29.8 Å². The van der Waals surface area contributed by atoms with E-state index in [-0.39, 0.29) is 11.8 Å². The highest BCUT2D eigenvalue weighted by atomic mass is 35.5. The third-order valence-corrected chi connectivity index (χ3v) is 6.66. The predicted molar refractivity (Wildman–Crippen MR) is 78.5 cm³/mol. The molecule has 2 aliphatic heterocycles. The van der Waals surface area contributed by atoms with Crippen LogP contribution in [0.5, 0.6) is 0 Å². The van der Waals surface area contributed by atoms with E-state index < -0.39 is 28.0 Å². The van der Waals surface area contributed by atoms with Crippen LogP contribution < -0.4 is 0 Å². The van der Waals surface area contributed by atoms with Crippen LogP contribution in [0.4, 0.5) is 0 Å². The van der Waals surface area contributed by atoms with E-state index in [1.165, 1.54) is 4.31 Å². The highest BCUT2D eigenvalue weighted by Gasteiger charge is 2.53. The molecule has 114 valence electrons. The van der Waals surface area contributed by atoms with Crippen LogP contribution in [-0.2, 0) is 20.6 Å². The number of aliphatic carboxylic acids is 1. The number of fused-ring (bicyclic) bond motifs is 2. The largest absolute Gasteiger partial charge is 0.481 e. The van der Waals surface area contributed by atoms with E-state index in [9.17, 15) is 18.3 Å². The smallest absolute Gasteiger partial charge is 0.308 e. The summed E-state index contributed by atoms with van der Waals surface area (Å²) in [5.74, 6) is -1.66. The number of carbonyl (C=O) groups is 1. The van der Waals surface area contributed by atoms with Crippen LogP contribution in [0.15, 0.2) is 24.3 Å². The van der Waals surface area contributed by atoms with Gasteiger partial charge in [-0.2, -0.15) is 4.31 Å². The number of sulfonamides is 1. The molecule has 2 saturated heterocycles. The first-order valence-corrected chi connectivity index (χ1v) is 8.86. The fourth-order valence-corrected chi connectivity index (χ4v) is 5.91. The van der Waals surface area contributed by atoms with Gasteiger partial charge in [0.1, 0.15) is 0 Å². The maximum atomic E-state index is 12.7. The van der Waals surface area contributed by atoms with Crippen LogP contribution in [-0.4, -0.2) is 35.9 Å². The minimum atomic E-state index is -3.55. The van der Waals surface area contributed by atoms with Gasteiger partial charge in [0.15, 0.2) is 0 Å². The van der Waals surface area contributed by atoms with Crippen LogP contribution in [0.3, 0.4) is 0 Å². The van der Waals surface area contributed by atoms with Crippen LogP contribution in [0.25, 0.3) is 0 Å². The highest BCUT2D eigenvalue weighted by Crippen LogP contribution is 2.44. The second-order valence-corrected chi connectivity index (χ2v) is 7.94. The molecule has 3 atom stereocenters. The summed E-state index contributed by atoms with van der Waals surface area (Å²) in [6.07, 6.45) is 1.79. The molecule has 2 heterocycles. The third kappa shape index (κ3) is 2.56. The van der Waals surface area contributed by atoms with E-state index in [0.717, 1.165) is 6.42 Å². The van der Waals surface area contributed by atoms with Crippen molar-refractivity contribution in [2.75, 3.05) is 0 Å². The maximum absolute atomic E-state index is 12.7. The van der Waals surface area contributed by atoms with Crippen LogP contribution in [0, 0.1) is 5.92 Å². The van der Waals surface area contributed by atoms with Gasteiger partial charge in [0.2, 0.25) is 10.0 Å². The Morgan fingerprint density at radius 3 is 2.67 bits per heavy atom. The summed E-state index contributed by atoms with van der Waals surface area (Å²) in [6, 6.07) is 6.26. The van der Waals surface area contributed by atoms with Crippen molar-refractivity contribution in [3.05, 3.63) is 34.9 Å². The number of halogens is 1. The second kappa shape index (κ2) is 5.26. The van der Waals surface area contributed by atoms with Gasteiger partial charge in [0.05, 0.1) is 11.7 Å². The lowest BCUT2D eigenvalue weighted by Gasteiger charge is -2.22. The summed E-state index contributed by atoms with van der Waals surface area (Å²) in [5, 5.41) is 9.63. The lowest BCUT2D eigenvalue weighted by atomic mass is 9.89. The maximum Gasteiger partial charge on any atom is 0.308 e. The van der Waals surface area contributed by atoms with Gasteiger partial charge in [0, 0.05) is 17.1 Å². The molecule has 2 aliphatic rings. The summed E-state index contributed by atoms with van der Waals surface area (Å²) in [7, 11) is -3.55. The van der Waals surface area contributed by atoms with Gasteiger partial charge >= 0.3 is 5.97 Å². The van der Waals surface area contributed by atoms with Crippen LogP contribution in [0.2, 0.25) is 5.02 Å². The zero-order valence-electron chi connectivity index (χ0n) is 11.3. The summed E-state index contributed by atoms with van der Waals surface area (Å²) < 4.78 is 26.7. The standard InChI is InChI=1S/C14H16ClNO4S/c15-12-4-2-1-3-9(12)8-21(19,20)16-10-5-6-13(16)11(7-10)14(17)18/h1-4,10-11,13H,5-8H2,(H,17,18). The van der Waals surface area contributed by atoms with Gasteiger partial charge in [-0.15, -0.1) is 0 Å². The number of rotatable bonds is 4. The van der Waals surface area contributed by atoms with Crippen LogP contribution >= 0.6 is 11.6 Å². The Labute approximate surface area is 128 Å². The van der Waals surface area contributed by atoms with Gasteiger partial charge in [-0.3, -0.25) is 4.79 Å². The molecular formula is C14H16ClNO4S. The topological polar surface area (TPSA) is 74.7 Å². The van der Waals surface area contributed by atoms with Gasteiger partial charge < -0.3 is 5.11 Å². The van der Waals surface area contributed by atoms with E-state index in [4.69, 9.17) is 11.6 Å². The molecule has 1 aromatic rings. The number of benzene rings is 1. The molecule has 0 spiro atoms. The van der Waals surface area contributed by atoms with Crippen molar-refractivity contribution in [2.24, 2.45) is 5.92 Å². The monoisotopic (exact) mass is 329 g/mol. The van der Waals surface area contributed by atoms with E-state index in [1.807, 2.05) is 0 Å². The van der Waals surface area contributed by atoms with Gasteiger partial charge in [-0.25, -0.2) is 8.42 Å². The Hall–Kier alpha value is -1.11. The lowest BCUT2D eigenvalue weighted by molar-refractivity contribution is -0.142. The lowest BCUT2D eigenvalue weighted by Crippen LogP contribution is -2.38. The molecule has 1 N–H and O–H groups in total. The van der Waals surface area contributed by atoms with Crippen molar-refractivity contribution in [3.63, 3.8) is 0 Å². The first-order chi connectivity index (χ1) is 9.90. The molecule has 3 unspecified atom stereocenters. The van der Waals surface area contributed by atoms with Gasteiger partial charge in [0.25, 0.3) is 0 Å². The quantitative estimate of drug-likeness (QED) is 0.918. The summed E-state index contributed by atoms with van der Waals surface area (Å²) >= 11 is 6.03. The predicted octanol–water partition coefficient (Wildman–Crippen LogP) is 2.11. The second-order valence-electron chi connectivity index (χ2n) is 5.66. The average molecular weight is 330 g/mol. The fraction of sp³-hybridized carbons (Fsp3) is 0.500. The van der Waals surface area contributed by atoms with E-state index in [0.29, 0.717) is 23.4 Å². The van der Waals surface area contributed by atoms with Gasteiger partial charge in [-0.05, 0) is 30.9 Å². The first kappa shape index (κ1) is 14.8. The number of carboxylic acids is 1. The summed E-state index contributed by atoms with van der Waals surface area (Å²) in [5.41, 5.74) is 0.553. The fourth-order valence-electron chi connectivity index (χ4n) is 3.52. The molecule has 21 heavy (non-hydrogen) atoms. The number of carboxylic acid groups (broad SMARTS) is 1. The third-order valence-electron chi connectivity index (χ3n) is 4.41. The molecule has 5 nitrogen and oxygen atoms in total. The normalized spacial score (nSPS) is 28.9. The molecule has 7 heteroatoms. The Balaban J connectivity index is 1.87. The molecule has 0 saturated carbocycles. The minimum absolute atomic E-state index is 0.175. The van der Waals surface area contributed by atoms with E-state index in [2.05, 4.69) is 0 Å². The average Bonchev–Trinajstić information content (AvgIpc) is 2.99. The van der Waals surface area contributed by atoms with Crippen molar-refractivity contribution in [3.8, 4) is 0 Å². The molecule has 2 fully saturated rings. The molecule has 3 rings (SSSR count). The molecule has 0 aromatic heterocycles. The SMILES string of the molecule is O=C(O)C1CC2CCC1N2S(=O)(=O)Cc1ccccc1Cl.